The Morgan fingerprint density at radius 1 is 1.02 bits per heavy atom. The highest BCUT2D eigenvalue weighted by Gasteiger charge is 2.47. The largest absolute Gasteiger partial charge is 0.495 e. The van der Waals surface area contributed by atoms with Gasteiger partial charge in [-0.1, -0.05) is 74.8 Å². The topological polar surface area (TPSA) is 133 Å². The smallest absolute Gasteiger partial charge is 0.347 e. The normalized spacial score (nSPS) is 26.2. The lowest BCUT2D eigenvalue weighted by Gasteiger charge is -2.26. The fraction of sp³-hybridized carbons (Fsp3) is 0.471. The predicted molar refractivity (Wildman–Crippen MR) is 167 cm³/mol. The third kappa shape index (κ3) is 9.80. The summed E-state index contributed by atoms with van der Waals surface area (Å²) in [5, 5.41) is 5.80. The second-order valence-electron chi connectivity index (χ2n) is 11.8. The Hall–Kier alpha value is -3.89. The average molecular weight is 641 g/mol. The second kappa shape index (κ2) is 15.9. The van der Waals surface area contributed by atoms with E-state index < -0.39 is 42.0 Å². The van der Waals surface area contributed by atoms with Gasteiger partial charge in [-0.3, -0.25) is 14.4 Å². The third-order valence-electron chi connectivity index (χ3n) is 7.80. The summed E-state index contributed by atoms with van der Waals surface area (Å²) in [5.74, 6) is -1.99. The molecule has 0 bridgehead atoms. The molecule has 2 aromatic rings. The summed E-state index contributed by atoms with van der Waals surface area (Å²) in [4.78, 5) is 52.3. The number of nitrogens with one attached hydrogen (secondary N) is 2. The number of ether oxygens (including phenoxy) is 4. The average Bonchev–Trinajstić information content (AvgIpc) is 3.80. The van der Waals surface area contributed by atoms with Crippen LogP contribution in [0.1, 0.15) is 57.3 Å². The number of hydrogen-bond acceptors (Lipinski definition) is 8. The Morgan fingerprint density at radius 3 is 2.47 bits per heavy atom. The number of hydrogen-bond donors (Lipinski definition) is 2. The van der Waals surface area contributed by atoms with Crippen molar-refractivity contribution in [3.05, 3.63) is 76.8 Å². The van der Waals surface area contributed by atoms with Crippen LogP contribution in [0.15, 0.2) is 60.7 Å². The van der Waals surface area contributed by atoms with Crippen molar-refractivity contribution in [2.45, 2.75) is 76.9 Å². The highest BCUT2D eigenvalue weighted by atomic mass is 35.5. The molecule has 0 radical (unpaired) electrons. The monoisotopic (exact) mass is 640 g/mol. The van der Waals surface area contributed by atoms with Crippen LogP contribution in [0.5, 0.6) is 5.75 Å². The molecule has 10 nitrogen and oxygen atoms in total. The van der Waals surface area contributed by atoms with E-state index in [0.29, 0.717) is 16.3 Å². The van der Waals surface area contributed by atoms with Gasteiger partial charge in [-0.25, -0.2) is 4.79 Å². The van der Waals surface area contributed by atoms with E-state index in [-0.39, 0.29) is 56.3 Å². The molecule has 2 aromatic carbocycles. The van der Waals surface area contributed by atoms with E-state index in [1.54, 1.807) is 24.3 Å². The van der Waals surface area contributed by atoms with Gasteiger partial charge in [0.15, 0.2) is 6.10 Å². The van der Waals surface area contributed by atoms with Crippen molar-refractivity contribution >= 4 is 35.4 Å². The van der Waals surface area contributed by atoms with Gasteiger partial charge in [0, 0.05) is 25.3 Å². The maximum Gasteiger partial charge on any atom is 0.347 e. The number of amides is 2. The Morgan fingerprint density at radius 2 is 1.78 bits per heavy atom. The molecule has 45 heavy (non-hydrogen) atoms. The number of carbonyl (C=O) groups excluding carboxylic acids is 4. The van der Waals surface area contributed by atoms with Crippen LogP contribution >= 0.6 is 11.6 Å². The number of halogens is 1. The van der Waals surface area contributed by atoms with Crippen molar-refractivity contribution in [2.24, 2.45) is 11.8 Å². The van der Waals surface area contributed by atoms with Crippen molar-refractivity contribution < 1.29 is 38.1 Å². The SMILES string of the molecule is COc1ccc(C[C@H]2NC(=O)/C=C/C[C@@H]([C@@H](C)[C@H]3O[C@H]3c3ccccc3)OC(=O)[C@H](CC(C)C)OC(=O)CCNC2=O)cc1Cl. The number of esters is 2. The van der Waals surface area contributed by atoms with Gasteiger partial charge in [-0.05, 0) is 41.7 Å². The Bertz CT molecular complexity index is 1380. The first-order valence-corrected chi connectivity index (χ1v) is 15.6. The highest BCUT2D eigenvalue weighted by Crippen LogP contribution is 2.45. The molecule has 2 N–H and O–H groups in total. The minimum Gasteiger partial charge on any atom is -0.495 e. The van der Waals surface area contributed by atoms with Gasteiger partial charge in [0.25, 0.3) is 0 Å². The first-order valence-electron chi connectivity index (χ1n) is 15.2. The molecule has 6 atom stereocenters. The number of epoxide rings is 1. The van der Waals surface area contributed by atoms with Crippen molar-refractivity contribution in [1.82, 2.24) is 10.6 Å². The van der Waals surface area contributed by atoms with Gasteiger partial charge < -0.3 is 29.6 Å². The number of benzene rings is 2. The first-order chi connectivity index (χ1) is 21.5. The summed E-state index contributed by atoms with van der Waals surface area (Å²) in [7, 11) is 1.50. The number of carbonyl (C=O) groups is 4. The highest BCUT2D eigenvalue weighted by molar-refractivity contribution is 6.32. The lowest BCUT2D eigenvalue weighted by Crippen LogP contribution is -2.48. The molecule has 11 heteroatoms. The van der Waals surface area contributed by atoms with Gasteiger partial charge in [0.1, 0.15) is 24.0 Å². The van der Waals surface area contributed by atoms with Gasteiger partial charge in [-0.2, -0.15) is 0 Å². The number of cyclic esters (lactones) is 2. The number of rotatable bonds is 8. The summed E-state index contributed by atoms with van der Waals surface area (Å²) >= 11 is 6.28. The lowest BCUT2D eigenvalue weighted by atomic mass is 9.93. The Kier molecular flexibility index (Phi) is 12.0. The van der Waals surface area contributed by atoms with Crippen molar-refractivity contribution in [2.75, 3.05) is 13.7 Å². The van der Waals surface area contributed by atoms with Crippen LogP contribution in [0.2, 0.25) is 5.02 Å². The zero-order valence-corrected chi connectivity index (χ0v) is 26.8. The summed E-state index contributed by atoms with van der Waals surface area (Å²) in [5.41, 5.74) is 1.73. The van der Waals surface area contributed by atoms with E-state index >= 15 is 0 Å². The molecule has 4 rings (SSSR count). The van der Waals surface area contributed by atoms with Crippen molar-refractivity contribution in [3.63, 3.8) is 0 Å². The van der Waals surface area contributed by atoms with Gasteiger partial charge in [-0.15, -0.1) is 0 Å². The van der Waals surface area contributed by atoms with E-state index in [4.69, 9.17) is 30.5 Å². The van der Waals surface area contributed by atoms with E-state index in [9.17, 15) is 19.2 Å². The lowest BCUT2D eigenvalue weighted by molar-refractivity contribution is -0.174. The van der Waals surface area contributed by atoms with Crippen molar-refractivity contribution in [1.29, 1.82) is 0 Å². The van der Waals surface area contributed by atoms with Gasteiger partial charge in [0.2, 0.25) is 11.8 Å². The summed E-state index contributed by atoms with van der Waals surface area (Å²) < 4.78 is 22.7. The molecule has 2 amide bonds. The molecule has 2 heterocycles. The predicted octanol–water partition coefficient (Wildman–Crippen LogP) is 4.49. The molecule has 0 saturated carbocycles. The van der Waals surface area contributed by atoms with Crippen LogP contribution in [0.4, 0.5) is 0 Å². The number of methoxy groups -OCH3 is 1. The molecule has 242 valence electrons. The minimum atomic E-state index is -1.11. The van der Waals surface area contributed by atoms with E-state index in [0.717, 1.165) is 5.56 Å². The van der Waals surface area contributed by atoms with Crippen LogP contribution in [0.25, 0.3) is 0 Å². The standard InChI is InChI=1S/C34H41ClN2O8/c1-20(2)17-28-34(41)44-26(21(3)31-32(45-31)23-9-6-5-7-10-23)11-8-12-29(38)37-25(33(40)36-16-15-30(39)43-28)19-22-13-14-27(42-4)24(35)18-22/h5-10,12-14,18,20-21,25-26,28,31-32H,11,15-17,19H2,1-4H3,(H,36,40)(H,37,38)/b12-8+/t21-,25-,26+,28+,31-,32+/m1/s1. The van der Waals surface area contributed by atoms with Gasteiger partial charge in [0.05, 0.1) is 24.7 Å². The second-order valence-corrected chi connectivity index (χ2v) is 12.2. The quantitative estimate of drug-likeness (QED) is 0.319. The van der Waals surface area contributed by atoms with Crippen LogP contribution < -0.4 is 15.4 Å². The molecule has 0 unspecified atom stereocenters. The molecule has 1 fully saturated rings. The fourth-order valence-corrected chi connectivity index (χ4v) is 5.58. The fourth-order valence-electron chi connectivity index (χ4n) is 5.30. The maximum atomic E-state index is 13.4. The zero-order chi connectivity index (χ0) is 32.5. The van der Waals surface area contributed by atoms with Gasteiger partial charge >= 0.3 is 11.9 Å². The molecule has 0 aromatic heterocycles. The summed E-state index contributed by atoms with van der Waals surface area (Å²) in [6.07, 6.45) is 1.28. The minimum absolute atomic E-state index is 0.0431. The summed E-state index contributed by atoms with van der Waals surface area (Å²) in [6, 6.07) is 13.9. The molecular formula is C34H41ClN2O8. The molecule has 0 aliphatic carbocycles. The first kappa shape index (κ1) is 34.0. The molecular weight excluding hydrogens is 600 g/mol. The zero-order valence-electron chi connectivity index (χ0n) is 26.0. The maximum absolute atomic E-state index is 13.4. The van der Waals surface area contributed by atoms with E-state index in [2.05, 4.69) is 10.6 Å². The molecule has 1 saturated heterocycles. The van der Waals surface area contributed by atoms with Crippen molar-refractivity contribution in [3.8, 4) is 5.75 Å². The van der Waals surface area contributed by atoms with Crippen LogP contribution in [0, 0.1) is 11.8 Å². The molecule has 2 aliphatic rings. The Labute approximate surface area is 268 Å². The third-order valence-corrected chi connectivity index (χ3v) is 8.10. The van der Waals surface area contributed by atoms with Crippen LogP contribution in [-0.2, 0) is 39.8 Å². The molecule has 2 aliphatic heterocycles. The Balaban J connectivity index is 1.55. The summed E-state index contributed by atoms with van der Waals surface area (Å²) in [6.45, 7) is 5.72. The van der Waals surface area contributed by atoms with E-state index in [1.165, 1.54) is 13.2 Å². The van der Waals surface area contributed by atoms with Crippen LogP contribution in [-0.4, -0.2) is 61.8 Å². The van der Waals surface area contributed by atoms with Crippen LogP contribution in [0.3, 0.4) is 0 Å². The molecule has 0 spiro atoms. The van der Waals surface area contributed by atoms with E-state index in [1.807, 2.05) is 51.1 Å².